The molecule has 3 fully saturated rings. The molecule has 3 aliphatic rings. The molecular formula is C78H137NO18. The molecule has 0 saturated carbocycles. The van der Waals surface area contributed by atoms with Crippen LogP contribution in [0.3, 0.4) is 0 Å². The van der Waals surface area contributed by atoms with E-state index in [1.807, 2.05) is 0 Å². The highest BCUT2D eigenvalue weighted by Gasteiger charge is 2.53. The molecule has 0 aromatic carbocycles. The van der Waals surface area contributed by atoms with E-state index in [1.165, 1.54) is 141 Å². The average molecular weight is 1380 g/mol. The lowest BCUT2D eigenvalue weighted by Gasteiger charge is -2.48. The van der Waals surface area contributed by atoms with E-state index in [0.29, 0.717) is 12.8 Å². The van der Waals surface area contributed by atoms with Crippen molar-refractivity contribution in [1.82, 2.24) is 5.32 Å². The fourth-order valence-electron chi connectivity index (χ4n) is 12.6. The van der Waals surface area contributed by atoms with Crippen LogP contribution in [-0.2, 0) is 33.2 Å². The Bertz CT molecular complexity index is 2080. The molecule has 3 heterocycles. The van der Waals surface area contributed by atoms with Crippen molar-refractivity contribution in [1.29, 1.82) is 0 Å². The van der Waals surface area contributed by atoms with E-state index in [4.69, 9.17) is 28.4 Å². The minimum atomic E-state index is -1.98. The van der Waals surface area contributed by atoms with Crippen LogP contribution in [0, 0.1) is 0 Å². The summed E-state index contributed by atoms with van der Waals surface area (Å²) in [5.41, 5.74) is 0. The van der Waals surface area contributed by atoms with Crippen LogP contribution in [0.4, 0.5) is 0 Å². The van der Waals surface area contributed by atoms with Gasteiger partial charge in [0.25, 0.3) is 0 Å². The molecule has 0 radical (unpaired) electrons. The number of allylic oxidation sites excluding steroid dienone is 14. The molecule has 19 nitrogen and oxygen atoms in total. The van der Waals surface area contributed by atoms with Crippen LogP contribution >= 0.6 is 0 Å². The summed E-state index contributed by atoms with van der Waals surface area (Å²) in [7, 11) is 0. The van der Waals surface area contributed by atoms with Gasteiger partial charge in [-0.2, -0.15) is 0 Å². The second-order valence-corrected chi connectivity index (χ2v) is 27.1. The second-order valence-electron chi connectivity index (χ2n) is 27.1. The highest BCUT2D eigenvalue weighted by molar-refractivity contribution is 5.76. The smallest absolute Gasteiger partial charge is 0.220 e. The molecule has 12 N–H and O–H groups in total. The van der Waals surface area contributed by atoms with E-state index in [0.717, 1.165) is 96.3 Å². The second kappa shape index (κ2) is 58.5. The number of amides is 1. The number of aliphatic hydroxyl groups excluding tert-OH is 11. The van der Waals surface area contributed by atoms with Gasteiger partial charge in [0.15, 0.2) is 18.9 Å². The van der Waals surface area contributed by atoms with E-state index < -0.39 is 124 Å². The summed E-state index contributed by atoms with van der Waals surface area (Å²) in [5, 5.41) is 121. The predicted molar refractivity (Wildman–Crippen MR) is 383 cm³/mol. The molecular weight excluding hydrogens is 1240 g/mol. The fraction of sp³-hybridized carbons (Fsp3) is 0.808. The van der Waals surface area contributed by atoms with Crippen molar-refractivity contribution in [3.63, 3.8) is 0 Å². The van der Waals surface area contributed by atoms with Crippen LogP contribution in [0.2, 0.25) is 0 Å². The third-order valence-electron chi connectivity index (χ3n) is 18.7. The Morgan fingerprint density at radius 2 is 0.711 bits per heavy atom. The molecule has 19 heteroatoms. The Morgan fingerprint density at radius 3 is 1.11 bits per heavy atom. The standard InChI is InChI=1S/C78H137NO18/c1-3-5-7-9-11-13-15-17-19-21-23-24-25-26-27-28-29-30-31-32-33-34-35-36-38-40-42-44-46-48-50-52-54-56-66(84)79-61(62(83)55-53-51-49-47-45-43-41-39-37-22-20-18-16-14-12-10-8-6-4-2)60-92-76-72(90)69(87)74(64(58-81)94-76)97-78-73(91)70(88)75(65(59-82)95-78)96-77-71(89)68(86)67(85)63(57-80)93-77/h5,7,11,13,17,19,23-24,26-27,29-30,32-33,61-65,67-78,80-83,85-91H,3-4,6,8-10,12,14-16,18,20-22,25,28,31,34-60H2,1-2H3,(H,79,84)/b7-5-,13-11-,19-17-,24-23-,27-26-,30-29-,33-32-. The van der Waals surface area contributed by atoms with Gasteiger partial charge < -0.3 is 89.9 Å². The van der Waals surface area contributed by atoms with Crippen molar-refractivity contribution < 1.29 is 89.4 Å². The Hall–Kier alpha value is -3.03. The molecule has 97 heavy (non-hydrogen) atoms. The number of ether oxygens (including phenoxy) is 6. The molecule has 3 saturated heterocycles. The molecule has 0 aromatic rings. The Morgan fingerprint density at radius 1 is 0.381 bits per heavy atom. The number of hydrogen-bond donors (Lipinski definition) is 12. The summed E-state index contributed by atoms with van der Waals surface area (Å²) in [5.74, 6) is -0.247. The fourth-order valence-corrected chi connectivity index (χ4v) is 12.6. The van der Waals surface area contributed by atoms with Gasteiger partial charge in [-0.1, -0.05) is 279 Å². The van der Waals surface area contributed by atoms with Crippen molar-refractivity contribution >= 4 is 5.91 Å². The van der Waals surface area contributed by atoms with Crippen LogP contribution in [0.15, 0.2) is 85.1 Å². The molecule has 17 unspecified atom stereocenters. The van der Waals surface area contributed by atoms with Gasteiger partial charge in [0.05, 0.1) is 38.6 Å². The number of unbranched alkanes of at least 4 members (excludes halogenated alkanes) is 29. The molecule has 0 aromatic heterocycles. The first-order valence-electron chi connectivity index (χ1n) is 38.3. The van der Waals surface area contributed by atoms with Gasteiger partial charge in [-0.3, -0.25) is 4.79 Å². The van der Waals surface area contributed by atoms with Crippen molar-refractivity contribution in [2.24, 2.45) is 0 Å². The zero-order valence-electron chi connectivity index (χ0n) is 59.8. The monoisotopic (exact) mass is 1380 g/mol. The van der Waals surface area contributed by atoms with Crippen LogP contribution in [-0.4, -0.2) is 193 Å². The van der Waals surface area contributed by atoms with E-state index in [1.54, 1.807) is 0 Å². The Kier molecular flexibility index (Phi) is 53.2. The van der Waals surface area contributed by atoms with E-state index in [9.17, 15) is 61.0 Å². The number of nitrogens with one attached hydrogen (secondary N) is 1. The molecule has 562 valence electrons. The van der Waals surface area contributed by atoms with E-state index in [2.05, 4.69) is 104 Å². The summed E-state index contributed by atoms with van der Waals surface area (Å²) in [6, 6.07) is -0.895. The Labute approximate surface area is 584 Å². The first-order valence-corrected chi connectivity index (χ1v) is 38.3. The van der Waals surface area contributed by atoms with Gasteiger partial charge >= 0.3 is 0 Å². The van der Waals surface area contributed by atoms with E-state index >= 15 is 0 Å². The number of carbonyl (C=O) groups excluding carboxylic acids is 1. The first-order chi connectivity index (χ1) is 47.3. The maximum absolute atomic E-state index is 13.5. The number of rotatable bonds is 59. The summed E-state index contributed by atoms with van der Waals surface area (Å²) in [6.45, 7) is 1.70. The number of aliphatic hydroxyl groups is 11. The minimum absolute atomic E-state index is 0.247. The van der Waals surface area contributed by atoms with Crippen LogP contribution in [0.25, 0.3) is 0 Å². The molecule has 17 atom stereocenters. The highest BCUT2D eigenvalue weighted by atomic mass is 16.8. The third-order valence-corrected chi connectivity index (χ3v) is 18.7. The van der Waals surface area contributed by atoms with Crippen LogP contribution < -0.4 is 5.32 Å². The quantitative estimate of drug-likeness (QED) is 0.0199. The minimum Gasteiger partial charge on any atom is -0.394 e. The normalized spacial score (nSPS) is 27.4. The lowest BCUT2D eigenvalue weighted by Crippen LogP contribution is -2.66. The van der Waals surface area contributed by atoms with Gasteiger partial charge in [-0.05, 0) is 70.6 Å². The largest absolute Gasteiger partial charge is 0.394 e. The van der Waals surface area contributed by atoms with Crippen LogP contribution in [0.5, 0.6) is 0 Å². The average Bonchev–Trinajstić information content (AvgIpc) is 0.845. The molecule has 0 aliphatic carbocycles. The SMILES string of the molecule is CC/C=C\C/C=C\C/C=C\C/C=C\C/C=C\C/C=C\C/C=C\CCCCCCCCCCCCCC(=O)NC(COC1OC(CO)C(OC2OC(CO)C(OC3OC(CO)C(O)C(O)C3O)C(O)C2O)C(O)C1O)C(O)CCCCCCCCCCCCCCCCCCCCC. The molecule has 0 spiro atoms. The lowest BCUT2D eigenvalue weighted by molar-refractivity contribution is -0.379. The third kappa shape index (κ3) is 39.3. The lowest BCUT2D eigenvalue weighted by atomic mass is 9.96. The van der Waals surface area contributed by atoms with Gasteiger partial charge in [0.1, 0.15) is 73.2 Å². The zero-order valence-corrected chi connectivity index (χ0v) is 59.8. The maximum atomic E-state index is 13.5. The summed E-state index contributed by atoms with van der Waals surface area (Å²) in [6.07, 6.45) is 49.4. The van der Waals surface area contributed by atoms with E-state index in [-0.39, 0.29) is 18.9 Å². The zero-order chi connectivity index (χ0) is 70.4. The number of hydrogen-bond acceptors (Lipinski definition) is 18. The molecule has 1 amide bonds. The number of carbonyl (C=O) groups is 1. The maximum Gasteiger partial charge on any atom is 0.220 e. The Balaban J connectivity index is 1.37. The molecule has 3 aliphatic heterocycles. The first kappa shape index (κ1) is 88.2. The predicted octanol–water partition coefficient (Wildman–Crippen LogP) is 11.8. The topological polar surface area (TPSA) is 307 Å². The van der Waals surface area contributed by atoms with Crippen molar-refractivity contribution in [2.45, 2.75) is 375 Å². The van der Waals surface area contributed by atoms with Gasteiger partial charge in [-0.25, -0.2) is 0 Å². The van der Waals surface area contributed by atoms with Gasteiger partial charge in [0.2, 0.25) is 5.91 Å². The molecule has 0 bridgehead atoms. The van der Waals surface area contributed by atoms with Gasteiger partial charge in [-0.15, -0.1) is 0 Å². The van der Waals surface area contributed by atoms with Crippen molar-refractivity contribution in [3.05, 3.63) is 85.1 Å². The van der Waals surface area contributed by atoms with Crippen LogP contribution in [0.1, 0.15) is 271 Å². The summed E-state index contributed by atoms with van der Waals surface area (Å²) < 4.78 is 34.5. The summed E-state index contributed by atoms with van der Waals surface area (Å²) >= 11 is 0. The molecule has 3 rings (SSSR count). The van der Waals surface area contributed by atoms with Gasteiger partial charge in [0, 0.05) is 6.42 Å². The van der Waals surface area contributed by atoms with Crippen molar-refractivity contribution in [3.8, 4) is 0 Å². The summed E-state index contributed by atoms with van der Waals surface area (Å²) in [4.78, 5) is 13.5. The highest BCUT2D eigenvalue weighted by Crippen LogP contribution is 2.33. The van der Waals surface area contributed by atoms with Crippen molar-refractivity contribution in [2.75, 3.05) is 26.4 Å².